The van der Waals surface area contributed by atoms with Crippen LogP contribution in [0.15, 0.2) is 22.7 Å². The van der Waals surface area contributed by atoms with E-state index in [-0.39, 0.29) is 11.7 Å². The number of hydrogen-bond donors (Lipinski definition) is 1. The number of ether oxygens (including phenoxy) is 1. The minimum atomic E-state index is 0.0109. The van der Waals surface area contributed by atoms with E-state index in [1.807, 2.05) is 12.1 Å². The number of benzene rings is 1. The first kappa shape index (κ1) is 14.8. The van der Waals surface area contributed by atoms with Crippen molar-refractivity contribution in [2.45, 2.75) is 44.3 Å². The van der Waals surface area contributed by atoms with Crippen molar-refractivity contribution in [1.29, 1.82) is 0 Å². The molecule has 0 bridgehead atoms. The number of nitrogens with one attached hydrogen (secondary N) is 1. The quantitative estimate of drug-likeness (QED) is 0.785. The molecule has 1 saturated carbocycles. The smallest absolute Gasteiger partial charge is 0.0971 e. The standard InChI is InChI=1S/C16H21BrClNO/c1-11-3-2-6-16(8-11)10-19-9-15(20-16)13-5-4-12(17)7-14(13)18/h4-5,7,11,15,19H,2-3,6,8-10H2,1H3. The maximum absolute atomic E-state index is 6.53. The van der Waals surface area contributed by atoms with Crippen LogP contribution in [-0.2, 0) is 4.74 Å². The maximum atomic E-state index is 6.53. The van der Waals surface area contributed by atoms with Gasteiger partial charge in [0, 0.05) is 28.1 Å². The molecule has 1 aliphatic carbocycles. The number of morpholine rings is 1. The van der Waals surface area contributed by atoms with Crippen LogP contribution in [0.25, 0.3) is 0 Å². The van der Waals surface area contributed by atoms with Crippen LogP contribution in [0.3, 0.4) is 0 Å². The van der Waals surface area contributed by atoms with Crippen LogP contribution in [0.5, 0.6) is 0 Å². The topological polar surface area (TPSA) is 21.3 Å². The molecule has 2 nitrogen and oxygen atoms in total. The van der Waals surface area contributed by atoms with Gasteiger partial charge in [-0.2, -0.15) is 0 Å². The fourth-order valence-corrected chi connectivity index (χ4v) is 4.43. The highest BCUT2D eigenvalue weighted by molar-refractivity contribution is 9.10. The molecule has 1 saturated heterocycles. The molecule has 1 aromatic rings. The van der Waals surface area contributed by atoms with Gasteiger partial charge in [-0.15, -0.1) is 0 Å². The molecule has 1 aliphatic heterocycles. The molecule has 0 amide bonds. The van der Waals surface area contributed by atoms with Gasteiger partial charge >= 0.3 is 0 Å². The lowest BCUT2D eigenvalue weighted by Gasteiger charge is -2.46. The molecular weight excluding hydrogens is 338 g/mol. The van der Waals surface area contributed by atoms with Gasteiger partial charge in [-0.3, -0.25) is 0 Å². The van der Waals surface area contributed by atoms with E-state index < -0.39 is 0 Å². The summed E-state index contributed by atoms with van der Waals surface area (Å²) in [5.41, 5.74) is 1.11. The monoisotopic (exact) mass is 357 g/mol. The number of halogens is 2. The van der Waals surface area contributed by atoms with Crippen LogP contribution in [0.1, 0.15) is 44.3 Å². The van der Waals surface area contributed by atoms with Gasteiger partial charge in [0.15, 0.2) is 0 Å². The first-order chi connectivity index (χ1) is 9.58. The average Bonchev–Trinajstić information content (AvgIpc) is 2.38. The van der Waals surface area contributed by atoms with Gasteiger partial charge in [0.1, 0.15) is 0 Å². The van der Waals surface area contributed by atoms with Crippen LogP contribution in [0.4, 0.5) is 0 Å². The Bertz CT molecular complexity index is 491. The third kappa shape index (κ3) is 3.06. The Balaban J connectivity index is 1.81. The molecule has 1 N–H and O–H groups in total. The summed E-state index contributed by atoms with van der Waals surface area (Å²) in [5, 5.41) is 4.35. The van der Waals surface area contributed by atoms with E-state index in [9.17, 15) is 0 Å². The molecule has 4 heteroatoms. The Morgan fingerprint density at radius 2 is 2.30 bits per heavy atom. The van der Waals surface area contributed by atoms with Crippen molar-refractivity contribution in [3.05, 3.63) is 33.3 Å². The summed E-state index contributed by atoms with van der Waals surface area (Å²) in [5.74, 6) is 0.754. The van der Waals surface area contributed by atoms with Gasteiger partial charge in [0.25, 0.3) is 0 Å². The first-order valence-electron chi connectivity index (χ1n) is 7.41. The largest absolute Gasteiger partial charge is 0.364 e. The lowest BCUT2D eigenvalue weighted by atomic mass is 9.77. The van der Waals surface area contributed by atoms with Crippen molar-refractivity contribution >= 4 is 27.5 Å². The number of rotatable bonds is 1. The second-order valence-electron chi connectivity index (χ2n) is 6.29. The number of hydrogen-bond acceptors (Lipinski definition) is 2. The minimum absolute atomic E-state index is 0.0109. The molecule has 3 atom stereocenters. The third-order valence-corrected chi connectivity index (χ3v) is 5.35. The Hall–Kier alpha value is -0.0900. The SMILES string of the molecule is CC1CCCC2(CNCC(c3ccc(Br)cc3Cl)O2)C1. The first-order valence-corrected chi connectivity index (χ1v) is 8.59. The second kappa shape index (κ2) is 5.96. The van der Waals surface area contributed by atoms with Crippen LogP contribution < -0.4 is 5.32 Å². The highest BCUT2D eigenvalue weighted by Gasteiger charge is 2.41. The summed E-state index contributed by atoms with van der Waals surface area (Å²) in [7, 11) is 0. The average molecular weight is 359 g/mol. The fourth-order valence-electron chi connectivity index (χ4n) is 3.63. The van der Waals surface area contributed by atoms with Crippen molar-refractivity contribution in [2.24, 2.45) is 5.92 Å². The second-order valence-corrected chi connectivity index (χ2v) is 7.61. The normalized spacial score (nSPS) is 34.4. The van der Waals surface area contributed by atoms with Crippen molar-refractivity contribution in [3.63, 3.8) is 0 Å². The van der Waals surface area contributed by atoms with Crippen LogP contribution in [0, 0.1) is 5.92 Å². The van der Waals surface area contributed by atoms with Crippen molar-refractivity contribution in [3.8, 4) is 0 Å². The van der Waals surface area contributed by atoms with E-state index in [1.165, 1.54) is 12.8 Å². The fraction of sp³-hybridized carbons (Fsp3) is 0.625. The molecule has 2 aliphatic rings. The molecule has 2 fully saturated rings. The highest BCUT2D eigenvalue weighted by Crippen LogP contribution is 2.41. The highest BCUT2D eigenvalue weighted by atomic mass is 79.9. The lowest BCUT2D eigenvalue weighted by molar-refractivity contribution is -0.143. The van der Waals surface area contributed by atoms with E-state index in [1.54, 1.807) is 0 Å². The van der Waals surface area contributed by atoms with Crippen molar-refractivity contribution in [2.75, 3.05) is 13.1 Å². The zero-order valence-electron chi connectivity index (χ0n) is 11.8. The molecular formula is C16H21BrClNO. The van der Waals surface area contributed by atoms with Gasteiger partial charge in [0.05, 0.1) is 11.7 Å². The van der Waals surface area contributed by atoms with E-state index in [0.29, 0.717) is 0 Å². The van der Waals surface area contributed by atoms with Crippen LogP contribution in [-0.4, -0.2) is 18.7 Å². The molecule has 3 unspecified atom stereocenters. The van der Waals surface area contributed by atoms with E-state index in [0.717, 1.165) is 46.9 Å². The van der Waals surface area contributed by atoms with Gasteiger partial charge in [-0.1, -0.05) is 53.4 Å². The zero-order chi connectivity index (χ0) is 14.2. The molecule has 110 valence electrons. The van der Waals surface area contributed by atoms with Crippen LogP contribution in [0.2, 0.25) is 5.02 Å². The maximum Gasteiger partial charge on any atom is 0.0971 e. The van der Waals surface area contributed by atoms with Gasteiger partial charge in [-0.05, 0) is 30.9 Å². The lowest BCUT2D eigenvalue weighted by Crippen LogP contribution is -2.53. The van der Waals surface area contributed by atoms with Gasteiger partial charge in [0.2, 0.25) is 0 Å². The van der Waals surface area contributed by atoms with Gasteiger partial charge in [-0.25, -0.2) is 0 Å². The summed E-state index contributed by atoms with van der Waals surface area (Å²) >= 11 is 9.84. The summed E-state index contributed by atoms with van der Waals surface area (Å²) < 4.78 is 7.54. The summed E-state index contributed by atoms with van der Waals surface area (Å²) in [4.78, 5) is 0. The molecule has 1 heterocycles. The molecule has 1 spiro atoms. The molecule has 1 aromatic carbocycles. The van der Waals surface area contributed by atoms with Crippen LogP contribution >= 0.6 is 27.5 Å². The molecule has 0 radical (unpaired) electrons. The Morgan fingerprint density at radius 3 is 3.05 bits per heavy atom. The third-order valence-electron chi connectivity index (χ3n) is 4.53. The van der Waals surface area contributed by atoms with E-state index in [2.05, 4.69) is 34.2 Å². The van der Waals surface area contributed by atoms with E-state index in [4.69, 9.17) is 16.3 Å². The molecule has 0 aromatic heterocycles. The zero-order valence-corrected chi connectivity index (χ0v) is 14.1. The van der Waals surface area contributed by atoms with Gasteiger partial charge < -0.3 is 10.1 Å². The van der Waals surface area contributed by atoms with Crippen molar-refractivity contribution in [1.82, 2.24) is 5.32 Å². The Labute approximate surface area is 134 Å². The minimum Gasteiger partial charge on any atom is -0.364 e. The molecule has 3 rings (SSSR count). The summed E-state index contributed by atoms with van der Waals surface area (Å²) in [6, 6.07) is 6.06. The van der Waals surface area contributed by atoms with Crippen molar-refractivity contribution < 1.29 is 4.74 Å². The Morgan fingerprint density at radius 1 is 1.45 bits per heavy atom. The summed E-state index contributed by atoms with van der Waals surface area (Å²) in [6.07, 6.45) is 4.98. The van der Waals surface area contributed by atoms with E-state index >= 15 is 0 Å². The predicted octanol–water partition coefficient (Wildman–Crippen LogP) is 4.71. The summed E-state index contributed by atoms with van der Waals surface area (Å²) in [6.45, 7) is 4.15. The Kier molecular flexibility index (Phi) is 4.42. The predicted molar refractivity (Wildman–Crippen MR) is 86.2 cm³/mol. The molecule has 20 heavy (non-hydrogen) atoms.